The monoisotopic (exact) mass is 402 g/mol. The lowest BCUT2D eigenvalue weighted by atomic mass is 9.97. The molecule has 1 aromatic heterocycles. The Morgan fingerprint density at radius 3 is 2.39 bits per heavy atom. The van der Waals surface area contributed by atoms with Crippen LogP contribution in [0.1, 0.15) is 28.8 Å². The van der Waals surface area contributed by atoms with E-state index in [0.29, 0.717) is 40.4 Å². The van der Waals surface area contributed by atoms with Gasteiger partial charge in [-0.25, -0.2) is 4.79 Å². The Bertz CT molecular complexity index is 991. The molecule has 0 unspecified atom stereocenters. The highest BCUT2D eigenvalue weighted by molar-refractivity contribution is 6.36. The predicted octanol–water partition coefficient (Wildman–Crippen LogP) is 4.49. The molecule has 148 valence electrons. The van der Waals surface area contributed by atoms with E-state index < -0.39 is 5.97 Å². The molecule has 0 atom stereocenters. The number of rotatable bonds is 8. The van der Waals surface area contributed by atoms with Crippen LogP contribution in [0, 0.1) is 0 Å². The molecule has 28 heavy (non-hydrogen) atoms. The van der Waals surface area contributed by atoms with E-state index in [0.717, 1.165) is 29.7 Å². The Balaban J connectivity index is 2.30. The molecule has 0 aliphatic carbocycles. The summed E-state index contributed by atoms with van der Waals surface area (Å²) < 4.78 is 10.8. The molecule has 3 rings (SSSR count). The van der Waals surface area contributed by atoms with E-state index in [2.05, 4.69) is 4.98 Å². The number of aromatic carboxylic acids is 1. The first kappa shape index (κ1) is 20.0. The van der Waals surface area contributed by atoms with Crippen molar-refractivity contribution in [2.75, 3.05) is 20.8 Å². The fraction of sp³-hybridized carbons (Fsp3) is 0.286. The number of aryl methyl sites for hydroxylation is 1. The molecule has 0 spiro atoms. The number of hydrogen-bond donors (Lipinski definition) is 3. The summed E-state index contributed by atoms with van der Waals surface area (Å²) in [6.07, 6.45) is 2.35. The highest BCUT2D eigenvalue weighted by atomic mass is 35.5. The lowest BCUT2D eigenvalue weighted by Crippen LogP contribution is -2.01. The van der Waals surface area contributed by atoms with Gasteiger partial charge in [0.1, 0.15) is 11.5 Å². The van der Waals surface area contributed by atoms with Crippen LogP contribution in [0.2, 0.25) is 5.02 Å². The number of carboxylic acids is 1. The van der Waals surface area contributed by atoms with Crippen LogP contribution in [0.3, 0.4) is 0 Å². The number of H-pyrrole nitrogens is 1. The van der Waals surface area contributed by atoms with Crippen molar-refractivity contribution in [3.05, 3.63) is 46.5 Å². The minimum atomic E-state index is -0.990. The van der Waals surface area contributed by atoms with Gasteiger partial charge >= 0.3 is 5.97 Å². The van der Waals surface area contributed by atoms with Gasteiger partial charge in [-0.3, -0.25) is 0 Å². The van der Waals surface area contributed by atoms with Gasteiger partial charge in [-0.05, 0) is 55.6 Å². The maximum atomic E-state index is 11.8. The van der Waals surface area contributed by atoms with Gasteiger partial charge < -0.3 is 25.3 Å². The number of nitrogens with one attached hydrogen (secondary N) is 1. The SMILES string of the molecule is COc1cc(OC)cc(-c2[nH]c3c(Cl)ccc(C(=O)O)c3c2CCCCN)c1. The maximum absolute atomic E-state index is 11.8. The Kier molecular flexibility index (Phi) is 6.11. The van der Waals surface area contributed by atoms with Crippen LogP contribution < -0.4 is 15.2 Å². The fourth-order valence-corrected chi connectivity index (χ4v) is 3.62. The first-order chi connectivity index (χ1) is 13.5. The average molecular weight is 403 g/mol. The molecule has 6 nitrogen and oxygen atoms in total. The van der Waals surface area contributed by atoms with Crippen LogP contribution in [-0.4, -0.2) is 36.8 Å². The molecule has 0 radical (unpaired) electrons. The van der Waals surface area contributed by atoms with Crippen molar-refractivity contribution in [2.24, 2.45) is 5.73 Å². The zero-order chi connectivity index (χ0) is 20.3. The molecule has 0 fully saturated rings. The van der Waals surface area contributed by atoms with Crippen molar-refractivity contribution < 1.29 is 19.4 Å². The van der Waals surface area contributed by atoms with Crippen LogP contribution in [-0.2, 0) is 6.42 Å². The molecule has 1 heterocycles. The summed E-state index contributed by atoms with van der Waals surface area (Å²) in [5, 5.41) is 10.8. The third-order valence-corrected chi connectivity index (χ3v) is 5.07. The van der Waals surface area contributed by atoms with Crippen molar-refractivity contribution in [1.29, 1.82) is 0 Å². The number of halogens is 1. The smallest absolute Gasteiger partial charge is 0.336 e. The van der Waals surface area contributed by atoms with E-state index in [1.54, 1.807) is 32.4 Å². The second-order valence-electron chi connectivity index (χ2n) is 6.48. The number of ether oxygens (including phenoxy) is 2. The topological polar surface area (TPSA) is 97.6 Å². The number of nitrogens with two attached hydrogens (primary N) is 1. The Morgan fingerprint density at radius 1 is 1.14 bits per heavy atom. The molecule has 0 saturated heterocycles. The summed E-state index contributed by atoms with van der Waals surface area (Å²) in [6, 6.07) is 8.70. The summed E-state index contributed by atoms with van der Waals surface area (Å²) in [7, 11) is 3.18. The minimum Gasteiger partial charge on any atom is -0.497 e. The van der Waals surface area contributed by atoms with Crippen molar-refractivity contribution in [3.8, 4) is 22.8 Å². The zero-order valence-electron chi connectivity index (χ0n) is 15.8. The van der Waals surface area contributed by atoms with E-state index in [-0.39, 0.29) is 5.56 Å². The van der Waals surface area contributed by atoms with Gasteiger partial charge in [0.05, 0.1) is 36.0 Å². The molecule has 0 aliphatic rings. The standard InChI is InChI=1S/C21H23ClN2O4/c1-27-13-9-12(10-14(11-13)28-2)19-15(5-3-4-8-23)18-16(21(25)26)6-7-17(22)20(18)24-19/h6-7,9-11,24H,3-5,8,23H2,1-2H3,(H,25,26). The molecule has 4 N–H and O–H groups in total. The molecular weight excluding hydrogens is 380 g/mol. The summed E-state index contributed by atoms with van der Waals surface area (Å²) >= 11 is 6.39. The maximum Gasteiger partial charge on any atom is 0.336 e. The molecule has 3 aromatic rings. The van der Waals surface area contributed by atoms with Crippen LogP contribution in [0.15, 0.2) is 30.3 Å². The molecular formula is C21H23ClN2O4. The Hall–Kier alpha value is -2.70. The number of carbonyl (C=O) groups is 1. The second kappa shape index (κ2) is 8.54. The lowest BCUT2D eigenvalue weighted by molar-refractivity contribution is 0.0699. The van der Waals surface area contributed by atoms with Crippen molar-refractivity contribution in [2.45, 2.75) is 19.3 Å². The van der Waals surface area contributed by atoms with Gasteiger partial charge in [0.25, 0.3) is 0 Å². The minimum absolute atomic E-state index is 0.222. The largest absolute Gasteiger partial charge is 0.497 e. The number of aromatic amines is 1. The number of aromatic nitrogens is 1. The molecule has 0 amide bonds. The quantitative estimate of drug-likeness (QED) is 0.482. The van der Waals surface area contributed by atoms with Crippen LogP contribution in [0.5, 0.6) is 11.5 Å². The lowest BCUT2D eigenvalue weighted by Gasteiger charge is -2.10. The van der Waals surface area contributed by atoms with Gasteiger partial charge in [0, 0.05) is 17.0 Å². The fourth-order valence-electron chi connectivity index (χ4n) is 3.41. The van der Waals surface area contributed by atoms with Gasteiger partial charge in [0.2, 0.25) is 0 Å². The summed E-state index contributed by atoms with van der Waals surface area (Å²) in [5.74, 6) is 0.298. The number of fused-ring (bicyclic) bond motifs is 1. The number of methoxy groups -OCH3 is 2. The normalized spacial score (nSPS) is 11.0. The van der Waals surface area contributed by atoms with E-state index in [4.69, 9.17) is 26.8 Å². The van der Waals surface area contributed by atoms with E-state index in [1.807, 2.05) is 12.1 Å². The van der Waals surface area contributed by atoms with E-state index in [9.17, 15) is 9.90 Å². The average Bonchev–Trinajstić information content (AvgIpc) is 3.08. The van der Waals surface area contributed by atoms with E-state index >= 15 is 0 Å². The molecule has 2 aromatic carbocycles. The first-order valence-corrected chi connectivity index (χ1v) is 9.37. The molecule has 7 heteroatoms. The first-order valence-electron chi connectivity index (χ1n) is 9.00. The van der Waals surface area contributed by atoms with Crippen molar-refractivity contribution in [3.63, 3.8) is 0 Å². The van der Waals surface area contributed by atoms with Crippen LogP contribution in [0.25, 0.3) is 22.2 Å². The number of carboxylic acid groups (broad SMARTS) is 1. The Labute approximate surface area is 168 Å². The van der Waals surface area contributed by atoms with E-state index in [1.165, 1.54) is 0 Å². The van der Waals surface area contributed by atoms with Crippen LogP contribution >= 0.6 is 11.6 Å². The predicted molar refractivity (Wildman–Crippen MR) is 111 cm³/mol. The van der Waals surface area contributed by atoms with Crippen LogP contribution in [0.4, 0.5) is 0 Å². The number of hydrogen-bond acceptors (Lipinski definition) is 4. The summed E-state index contributed by atoms with van der Waals surface area (Å²) in [5.41, 5.74) is 9.03. The summed E-state index contributed by atoms with van der Waals surface area (Å²) in [6.45, 7) is 0.581. The third kappa shape index (κ3) is 3.79. The third-order valence-electron chi connectivity index (χ3n) is 4.76. The second-order valence-corrected chi connectivity index (χ2v) is 6.88. The van der Waals surface area contributed by atoms with Gasteiger partial charge in [-0.1, -0.05) is 11.6 Å². The zero-order valence-corrected chi connectivity index (χ0v) is 16.6. The number of benzene rings is 2. The van der Waals surface area contributed by atoms with Gasteiger partial charge in [-0.15, -0.1) is 0 Å². The highest BCUT2D eigenvalue weighted by Crippen LogP contribution is 2.39. The molecule has 0 saturated carbocycles. The summed E-state index contributed by atoms with van der Waals surface area (Å²) in [4.78, 5) is 15.2. The highest BCUT2D eigenvalue weighted by Gasteiger charge is 2.21. The van der Waals surface area contributed by atoms with Gasteiger partial charge in [-0.2, -0.15) is 0 Å². The molecule has 0 aliphatic heterocycles. The van der Waals surface area contributed by atoms with Crippen molar-refractivity contribution in [1.82, 2.24) is 4.98 Å². The Morgan fingerprint density at radius 2 is 1.82 bits per heavy atom. The molecule has 0 bridgehead atoms. The van der Waals surface area contributed by atoms with Crippen molar-refractivity contribution >= 4 is 28.5 Å². The van der Waals surface area contributed by atoms with Gasteiger partial charge in [0.15, 0.2) is 0 Å². The number of unbranched alkanes of at least 4 members (excludes halogenated alkanes) is 1.